The standard InChI is InChI=1S/C17H21N3O2S/c1-3-15(16-8-5-9-23-16)20-17(22)18-11-13-6-4-7-14(10-13)19-12(2)21/h4-10,15H,3,11H2,1-2H3,(H,19,21)(H2,18,20,22)/t15-/m1/s1. The fourth-order valence-electron chi connectivity index (χ4n) is 2.22. The number of carbonyl (C=O) groups excluding carboxylic acids is 2. The third kappa shape index (κ3) is 5.41. The van der Waals surface area contributed by atoms with E-state index in [-0.39, 0.29) is 18.0 Å². The van der Waals surface area contributed by atoms with Crippen LogP contribution < -0.4 is 16.0 Å². The number of hydrogen-bond donors (Lipinski definition) is 3. The molecular weight excluding hydrogens is 310 g/mol. The number of rotatable bonds is 6. The molecule has 2 rings (SSSR count). The van der Waals surface area contributed by atoms with Crippen LogP contribution in [0.5, 0.6) is 0 Å². The van der Waals surface area contributed by atoms with E-state index in [0.29, 0.717) is 6.54 Å². The summed E-state index contributed by atoms with van der Waals surface area (Å²) >= 11 is 1.64. The van der Waals surface area contributed by atoms with Crippen LogP contribution in [0, 0.1) is 0 Å². The molecule has 0 bridgehead atoms. The summed E-state index contributed by atoms with van der Waals surface area (Å²) in [5, 5.41) is 10.6. The highest BCUT2D eigenvalue weighted by Crippen LogP contribution is 2.21. The Labute approximate surface area is 140 Å². The van der Waals surface area contributed by atoms with Crippen molar-refractivity contribution in [2.75, 3.05) is 5.32 Å². The Balaban J connectivity index is 1.87. The molecule has 6 heteroatoms. The molecule has 0 aliphatic heterocycles. The van der Waals surface area contributed by atoms with Crippen LogP contribution in [0.4, 0.5) is 10.5 Å². The van der Waals surface area contributed by atoms with Crippen molar-refractivity contribution in [2.24, 2.45) is 0 Å². The van der Waals surface area contributed by atoms with Gasteiger partial charge >= 0.3 is 6.03 Å². The van der Waals surface area contributed by atoms with Gasteiger partial charge < -0.3 is 16.0 Å². The molecule has 2 aromatic rings. The van der Waals surface area contributed by atoms with Gasteiger partial charge in [0, 0.05) is 24.0 Å². The summed E-state index contributed by atoms with van der Waals surface area (Å²) in [4.78, 5) is 24.3. The molecule has 0 spiro atoms. The van der Waals surface area contributed by atoms with Crippen LogP contribution in [0.1, 0.15) is 36.8 Å². The lowest BCUT2D eigenvalue weighted by atomic mass is 10.2. The quantitative estimate of drug-likeness (QED) is 0.756. The average Bonchev–Trinajstić information content (AvgIpc) is 3.04. The number of hydrogen-bond acceptors (Lipinski definition) is 3. The zero-order chi connectivity index (χ0) is 16.7. The monoisotopic (exact) mass is 331 g/mol. The van der Waals surface area contributed by atoms with Crippen LogP contribution in [0.3, 0.4) is 0 Å². The Morgan fingerprint density at radius 3 is 2.70 bits per heavy atom. The molecule has 0 saturated heterocycles. The fourth-order valence-corrected chi connectivity index (χ4v) is 3.08. The Bertz CT molecular complexity index is 656. The van der Waals surface area contributed by atoms with Crippen molar-refractivity contribution in [1.29, 1.82) is 0 Å². The summed E-state index contributed by atoms with van der Waals surface area (Å²) in [6.45, 7) is 3.91. The van der Waals surface area contributed by atoms with E-state index in [1.54, 1.807) is 11.3 Å². The molecular formula is C17H21N3O2S. The second-order valence-corrected chi connectivity index (χ2v) is 6.16. The van der Waals surface area contributed by atoms with Crippen molar-refractivity contribution in [2.45, 2.75) is 32.9 Å². The second-order valence-electron chi connectivity index (χ2n) is 5.18. The molecule has 0 radical (unpaired) electrons. The minimum Gasteiger partial charge on any atom is -0.334 e. The van der Waals surface area contributed by atoms with Gasteiger partial charge in [-0.2, -0.15) is 0 Å². The van der Waals surface area contributed by atoms with Crippen molar-refractivity contribution >= 4 is 29.0 Å². The molecule has 0 aliphatic rings. The molecule has 23 heavy (non-hydrogen) atoms. The smallest absolute Gasteiger partial charge is 0.315 e. The predicted octanol–water partition coefficient (Wildman–Crippen LogP) is 3.66. The first kappa shape index (κ1) is 17.0. The van der Waals surface area contributed by atoms with Crippen LogP contribution >= 0.6 is 11.3 Å². The van der Waals surface area contributed by atoms with Gasteiger partial charge in [0.2, 0.25) is 5.91 Å². The minimum absolute atomic E-state index is 0.0284. The molecule has 1 aromatic heterocycles. The SMILES string of the molecule is CC[C@@H](NC(=O)NCc1cccc(NC(C)=O)c1)c1cccs1. The highest BCUT2D eigenvalue weighted by molar-refractivity contribution is 7.10. The molecule has 3 amide bonds. The van der Waals surface area contributed by atoms with Crippen molar-refractivity contribution in [1.82, 2.24) is 10.6 Å². The van der Waals surface area contributed by atoms with Crippen molar-refractivity contribution in [3.05, 3.63) is 52.2 Å². The van der Waals surface area contributed by atoms with E-state index in [1.165, 1.54) is 6.92 Å². The van der Waals surface area contributed by atoms with Gasteiger partial charge in [0.1, 0.15) is 0 Å². The van der Waals surface area contributed by atoms with Crippen LogP contribution in [-0.2, 0) is 11.3 Å². The molecule has 3 N–H and O–H groups in total. The van der Waals surface area contributed by atoms with Gasteiger partial charge in [-0.15, -0.1) is 11.3 Å². The van der Waals surface area contributed by atoms with Crippen molar-refractivity contribution in [3.63, 3.8) is 0 Å². The molecule has 0 saturated carbocycles. The van der Waals surface area contributed by atoms with E-state index in [2.05, 4.69) is 16.0 Å². The molecule has 122 valence electrons. The van der Waals surface area contributed by atoms with E-state index in [0.717, 1.165) is 22.5 Å². The predicted molar refractivity (Wildman–Crippen MR) is 93.5 cm³/mol. The Kier molecular flexibility index (Phi) is 6.17. The molecule has 5 nitrogen and oxygen atoms in total. The van der Waals surface area contributed by atoms with E-state index in [9.17, 15) is 9.59 Å². The van der Waals surface area contributed by atoms with Crippen LogP contribution in [0.25, 0.3) is 0 Å². The summed E-state index contributed by atoms with van der Waals surface area (Å²) < 4.78 is 0. The lowest BCUT2D eigenvalue weighted by Gasteiger charge is -2.16. The molecule has 1 heterocycles. The van der Waals surface area contributed by atoms with Gasteiger partial charge in [0.15, 0.2) is 0 Å². The third-order valence-electron chi connectivity index (χ3n) is 3.30. The lowest BCUT2D eigenvalue weighted by molar-refractivity contribution is -0.114. The maximum atomic E-state index is 12.1. The topological polar surface area (TPSA) is 70.2 Å². The number of nitrogens with one attached hydrogen (secondary N) is 3. The first-order valence-electron chi connectivity index (χ1n) is 7.52. The van der Waals surface area contributed by atoms with Crippen LogP contribution in [0.2, 0.25) is 0 Å². The maximum absolute atomic E-state index is 12.1. The minimum atomic E-state index is -0.199. The summed E-state index contributed by atoms with van der Waals surface area (Å²) in [5.74, 6) is -0.116. The van der Waals surface area contributed by atoms with E-state index in [1.807, 2.05) is 48.7 Å². The van der Waals surface area contributed by atoms with E-state index < -0.39 is 0 Å². The maximum Gasteiger partial charge on any atom is 0.315 e. The number of anilines is 1. The summed E-state index contributed by atoms with van der Waals surface area (Å²) in [5.41, 5.74) is 1.65. The van der Waals surface area contributed by atoms with Gasteiger partial charge in [-0.05, 0) is 35.6 Å². The van der Waals surface area contributed by atoms with Crippen molar-refractivity contribution < 1.29 is 9.59 Å². The lowest BCUT2D eigenvalue weighted by Crippen LogP contribution is -2.37. The zero-order valence-corrected chi connectivity index (χ0v) is 14.1. The van der Waals surface area contributed by atoms with Gasteiger partial charge in [-0.1, -0.05) is 25.1 Å². The van der Waals surface area contributed by atoms with Gasteiger partial charge in [0.05, 0.1) is 6.04 Å². The number of carbonyl (C=O) groups is 2. The molecule has 1 atom stereocenters. The zero-order valence-electron chi connectivity index (χ0n) is 13.3. The summed E-state index contributed by atoms with van der Waals surface area (Å²) in [6, 6.07) is 11.2. The summed E-state index contributed by atoms with van der Waals surface area (Å²) in [7, 11) is 0. The van der Waals surface area contributed by atoms with E-state index >= 15 is 0 Å². The molecule has 0 fully saturated rings. The highest BCUT2D eigenvalue weighted by Gasteiger charge is 2.13. The molecule has 0 aliphatic carbocycles. The normalized spacial score (nSPS) is 11.6. The fraction of sp³-hybridized carbons (Fsp3) is 0.294. The first-order chi connectivity index (χ1) is 11.1. The number of amides is 3. The van der Waals surface area contributed by atoms with Gasteiger partial charge in [0.25, 0.3) is 0 Å². The number of thiophene rings is 1. The third-order valence-corrected chi connectivity index (χ3v) is 4.29. The van der Waals surface area contributed by atoms with Gasteiger partial charge in [-0.3, -0.25) is 4.79 Å². The first-order valence-corrected chi connectivity index (χ1v) is 8.40. The average molecular weight is 331 g/mol. The number of urea groups is 1. The van der Waals surface area contributed by atoms with Crippen LogP contribution in [0.15, 0.2) is 41.8 Å². The van der Waals surface area contributed by atoms with E-state index in [4.69, 9.17) is 0 Å². The van der Waals surface area contributed by atoms with Gasteiger partial charge in [-0.25, -0.2) is 4.79 Å². The summed E-state index contributed by atoms with van der Waals surface area (Å²) in [6.07, 6.45) is 0.839. The Morgan fingerprint density at radius 1 is 1.22 bits per heavy atom. The Hall–Kier alpha value is -2.34. The molecule has 0 unspecified atom stereocenters. The molecule has 1 aromatic carbocycles. The Morgan fingerprint density at radius 2 is 2.04 bits per heavy atom. The second kappa shape index (κ2) is 8.33. The number of benzene rings is 1. The van der Waals surface area contributed by atoms with Crippen LogP contribution in [-0.4, -0.2) is 11.9 Å². The largest absolute Gasteiger partial charge is 0.334 e. The van der Waals surface area contributed by atoms with Crippen molar-refractivity contribution in [3.8, 4) is 0 Å². The highest BCUT2D eigenvalue weighted by atomic mass is 32.1.